The Bertz CT molecular complexity index is 1990. The highest BCUT2D eigenvalue weighted by Gasteiger charge is 2.20. The molecule has 0 bridgehead atoms. The highest BCUT2D eigenvalue weighted by atomic mass is 79.9. The van der Waals surface area contributed by atoms with Crippen LogP contribution in [0.15, 0.2) is 105 Å². The Morgan fingerprint density at radius 2 is 1.72 bits per heavy atom. The fraction of sp³-hybridized carbons (Fsp3) is 0.129. The second-order valence-electron chi connectivity index (χ2n) is 9.78. The predicted molar refractivity (Wildman–Crippen MR) is 166 cm³/mol. The summed E-state index contributed by atoms with van der Waals surface area (Å²) in [6.07, 6.45) is 1.16. The quantitative estimate of drug-likeness (QED) is 0.215. The SMILES string of the molecule is CCCc1nn(-c2cc(NC(=O)c3ccccc3)ccc2Br)c(=O)n1Cc1ccc(-c2ccccc2S(N)(=O)=O)cc1F. The maximum absolute atomic E-state index is 15.4. The number of rotatable bonds is 9. The number of aromatic nitrogens is 3. The summed E-state index contributed by atoms with van der Waals surface area (Å²) in [6, 6.07) is 24.2. The van der Waals surface area contributed by atoms with Crippen LogP contribution in [0.2, 0.25) is 0 Å². The maximum atomic E-state index is 15.4. The Morgan fingerprint density at radius 3 is 2.42 bits per heavy atom. The first-order valence-electron chi connectivity index (χ1n) is 13.3. The van der Waals surface area contributed by atoms with Crippen LogP contribution in [0.1, 0.15) is 35.1 Å². The summed E-state index contributed by atoms with van der Waals surface area (Å²) < 4.78 is 42.7. The molecule has 0 unspecified atom stereocenters. The molecular weight excluding hydrogens is 637 g/mol. The van der Waals surface area contributed by atoms with E-state index >= 15 is 4.39 Å². The van der Waals surface area contributed by atoms with Crippen molar-refractivity contribution in [3.05, 3.63) is 129 Å². The summed E-state index contributed by atoms with van der Waals surface area (Å²) in [4.78, 5) is 26.3. The molecule has 0 spiro atoms. The Balaban J connectivity index is 1.49. The highest BCUT2D eigenvalue weighted by Crippen LogP contribution is 2.29. The zero-order valence-electron chi connectivity index (χ0n) is 23.0. The van der Waals surface area contributed by atoms with Gasteiger partial charge in [0.25, 0.3) is 5.91 Å². The summed E-state index contributed by atoms with van der Waals surface area (Å²) >= 11 is 3.48. The molecule has 9 nitrogen and oxygen atoms in total. The number of hydrogen-bond donors (Lipinski definition) is 2. The Hall–Kier alpha value is -4.39. The molecule has 0 atom stereocenters. The third kappa shape index (κ3) is 6.51. The number of nitrogens with one attached hydrogen (secondary N) is 1. The summed E-state index contributed by atoms with van der Waals surface area (Å²) in [5.41, 5.74) is 1.70. The van der Waals surface area contributed by atoms with E-state index in [1.165, 1.54) is 27.4 Å². The maximum Gasteiger partial charge on any atom is 0.351 e. The first-order valence-corrected chi connectivity index (χ1v) is 15.7. The fourth-order valence-electron chi connectivity index (χ4n) is 4.67. The van der Waals surface area contributed by atoms with Crippen LogP contribution in [0, 0.1) is 5.82 Å². The van der Waals surface area contributed by atoms with Gasteiger partial charge in [-0.1, -0.05) is 55.5 Å². The second kappa shape index (κ2) is 12.5. The van der Waals surface area contributed by atoms with Gasteiger partial charge >= 0.3 is 5.69 Å². The van der Waals surface area contributed by atoms with Gasteiger partial charge in [-0.3, -0.25) is 9.36 Å². The topological polar surface area (TPSA) is 129 Å². The molecule has 0 aliphatic rings. The van der Waals surface area contributed by atoms with Gasteiger partial charge in [-0.25, -0.2) is 22.7 Å². The van der Waals surface area contributed by atoms with Gasteiger partial charge in [-0.2, -0.15) is 4.68 Å². The molecule has 3 N–H and O–H groups in total. The van der Waals surface area contributed by atoms with Crippen molar-refractivity contribution in [1.29, 1.82) is 0 Å². The molecule has 4 aromatic carbocycles. The summed E-state index contributed by atoms with van der Waals surface area (Å²) in [5.74, 6) is -0.458. The van der Waals surface area contributed by atoms with E-state index < -0.39 is 21.5 Å². The lowest BCUT2D eigenvalue weighted by Crippen LogP contribution is -2.25. The Labute approximate surface area is 256 Å². The molecule has 0 aliphatic carbocycles. The standard InChI is InChI=1S/C31H27BrFN5O4S/c1-2-8-29-36-38(27-18-23(15-16-25(27)32)35-30(39)20-9-4-3-5-10-20)31(40)37(29)19-22-14-13-21(17-26(22)33)24-11-6-7-12-28(24)43(34,41)42/h3-7,9-18H,2,8,19H2,1H3,(H,35,39)(H2,34,41,42). The molecule has 0 aliphatic heterocycles. The highest BCUT2D eigenvalue weighted by molar-refractivity contribution is 9.10. The number of sulfonamides is 1. The lowest BCUT2D eigenvalue weighted by molar-refractivity contribution is 0.102. The zero-order chi connectivity index (χ0) is 30.7. The molecular formula is C31H27BrFN5O4S. The van der Waals surface area contributed by atoms with Gasteiger partial charge in [-0.05, 0) is 70.4 Å². The number of primary sulfonamides is 1. The molecule has 0 radical (unpaired) electrons. The van der Waals surface area contributed by atoms with Crippen LogP contribution in [-0.4, -0.2) is 28.7 Å². The molecule has 1 aromatic heterocycles. The average Bonchev–Trinajstić information content (AvgIpc) is 3.29. The van der Waals surface area contributed by atoms with Gasteiger partial charge in [0.2, 0.25) is 10.0 Å². The van der Waals surface area contributed by atoms with Crippen LogP contribution >= 0.6 is 15.9 Å². The number of aryl methyl sites for hydroxylation is 1. The van der Waals surface area contributed by atoms with E-state index in [1.807, 2.05) is 13.0 Å². The van der Waals surface area contributed by atoms with Crippen LogP contribution in [0.5, 0.6) is 0 Å². The Kier molecular flexibility index (Phi) is 8.71. The van der Waals surface area contributed by atoms with Gasteiger partial charge in [0.15, 0.2) is 0 Å². The number of carbonyl (C=O) groups excluding carboxylic acids is 1. The normalized spacial score (nSPS) is 11.4. The number of halogens is 2. The molecule has 5 aromatic rings. The predicted octanol–water partition coefficient (Wildman–Crippen LogP) is 5.50. The van der Waals surface area contributed by atoms with E-state index in [4.69, 9.17) is 5.14 Å². The van der Waals surface area contributed by atoms with Crippen LogP contribution in [0.3, 0.4) is 0 Å². The first-order chi connectivity index (χ1) is 20.6. The van der Waals surface area contributed by atoms with Crippen molar-refractivity contribution in [3.8, 4) is 16.8 Å². The average molecular weight is 665 g/mol. The lowest BCUT2D eigenvalue weighted by atomic mass is 10.0. The number of nitrogens with two attached hydrogens (primary N) is 1. The van der Waals surface area contributed by atoms with Crippen LogP contribution in [0.25, 0.3) is 16.8 Å². The first kappa shape index (κ1) is 30.1. The molecule has 220 valence electrons. The number of amides is 1. The molecule has 0 saturated heterocycles. The van der Waals surface area contributed by atoms with Gasteiger partial charge in [0.1, 0.15) is 11.6 Å². The molecule has 0 saturated carbocycles. The number of nitrogens with zero attached hydrogens (tertiary/aromatic N) is 3. The van der Waals surface area contributed by atoms with Crippen LogP contribution in [-0.2, 0) is 23.0 Å². The largest absolute Gasteiger partial charge is 0.351 e. The number of hydrogen-bond acceptors (Lipinski definition) is 5. The van der Waals surface area contributed by atoms with E-state index in [2.05, 4.69) is 26.3 Å². The van der Waals surface area contributed by atoms with E-state index in [1.54, 1.807) is 66.7 Å². The van der Waals surface area contributed by atoms with E-state index in [9.17, 15) is 18.0 Å². The molecule has 1 heterocycles. The third-order valence-corrected chi connectivity index (χ3v) is 8.41. The van der Waals surface area contributed by atoms with Crippen molar-refractivity contribution < 1.29 is 17.6 Å². The van der Waals surface area contributed by atoms with Crippen molar-refractivity contribution >= 4 is 37.5 Å². The van der Waals surface area contributed by atoms with Crippen molar-refractivity contribution in [2.24, 2.45) is 5.14 Å². The smallest absolute Gasteiger partial charge is 0.322 e. The third-order valence-electron chi connectivity index (χ3n) is 6.77. The van der Waals surface area contributed by atoms with Crippen molar-refractivity contribution in [2.45, 2.75) is 31.2 Å². The van der Waals surface area contributed by atoms with Crippen molar-refractivity contribution in [3.63, 3.8) is 0 Å². The van der Waals surface area contributed by atoms with Gasteiger partial charge in [0.05, 0.1) is 17.1 Å². The molecule has 12 heteroatoms. The number of carbonyl (C=O) groups is 1. The van der Waals surface area contributed by atoms with Crippen molar-refractivity contribution in [1.82, 2.24) is 14.3 Å². The number of anilines is 1. The van der Waals surface area contributed by atoms with E-state index in [0.29, 0.717) is 45.6 Å². The summed E-state index contributed by atoms with van der Waals surface area (Å²) in [7, 11) is -4.03. The minimum atomic E-state index is -4.03. The summed E-state index contributed by atoms with van der Waals surface area (Å²) in [6.45, 7) is 1.85. The van der Waals surface area contributed by atoms with Gasteiger partial charge in [-0.15, -0.1) is 5.10 Å². The van der Waals surface area contributed by atoms with Crippen molar-refractivity contribution in [2.75, 3.05) is 5.32 Å². The van der Waals surface area contributed by atoms with Crippen LogP contribution < -0.4 is 16.1 Å². The lowest BCUT2D eigenvalue weighted by Gasteiger charge is -2.11. The van der Waals surface area contributed by atoms with Gasteiger partial charge < -0.3 is 5.32 Å². The van der Waals surface area contributed by atoms with Crippen LogP contribution in [0.4, 0.5) is 10.1 Å². The fourth-order valence-corrected chi connectivity index (χ4v) is 5.85. The van der Waals surface area contributed by atoms with Gasteiger partial charge in [0, 0.05) is 33.3 Å². The van der Waals surface area contributed by atoms with E-state index in [-0.39, 0.29) is 28.5 Å². The molecule has 1 amide bonds. The zero-order valence-corrected chi connectivity index (χ0v) is 25.4. The minimum Gasteiger partial charge on any atom is -0.322 e. The van der Waals surface area contributed by atoms with E-state index in [0.717, 1.165) is 0 Å². The molecule has 43 heavy (non-hydrogen) atoms. The second-order valence-corrected chi connectivity index (χ2v) is 12.2. The molecule has 0 fully saturated rings. The minimum absolute atomic E-state index is 0.0980. The number of benzene rings is 4. The Morgan fingerprint density at radius 1 is 1.00 bits per heavy atom. The molecule has 5 rings (SSSR count). The summed E-state index contributed by atoms with van der Waals surface area (Å²) in [5, 5.41) is 12.8. The monoisotopic (exact) mass is 663 g/mol.